The Bertz CT molecular complexity index is 832. The van der Waals surface area contributed by atoms with E-state index in [2.05, 4.69) is 36.7 Å². The van der Waals surface area contributed by atoms with Crippen LogP contribution in [0.1, 0.15) is 19.3 Å². The summed E-state index contributed by atoms with van der Waals surface area (Å²) in [5.41, 5.74) is 4.75. The van der Waals surface area contributed by atoms with E-state index in [1.54, 1.807) is 0 Å². The quantitative estimate of drug-likeness (QED) is 0.760. The fourth-order valence-corrected chi connectivity index (χ4v) is 4.67. The van der Waals surface area contributed by atoms with Crippen LogP contribution < -0.4 is 10.2 Å². The Labute approximate surface area is 138 Å². The third-order valence-corrected chi connectivity index (χ3v) is 5.85. The number of aromatic nitrogens is 3. The molecule has 23 heavy (non-hydrogen) atoms. The van der Waals surface area contributed by atoms with Crippen molar-refractivity contribution in [2.75, 3.05) is 24.5 Å². The number of pyridine rings is 1. The van der Waals surface area contributed by atoms with Crippen LogP contribution in [0, 0.1) is 0 Å². The van der Waals surface area contributed by atoms with E-state index >= 15 is 0 Å². The number of hydrogen-bond donors (Lipinski definition) is 2. The lowest BCUT2D eigenvalue weighted by molar-refractivity contribution is 0.419. The van der Waals surface area contributed by atoms with Crippen molar-refractivity contribution >= 4 is 28.3 Å². The highest BCUT2D eigenvalue weighted by molar-refractivity contribution is 7.03. The van der Waals surface area contributed by atoms with Crippen LogP contribution in [-0.4, -0.2) is 39.5 Å². The topological polar surface area (TPSA) is 56.8 Å². The molecule has 5 heterocycles. The third kappa shape index (κ3) is 2.09. The van der Waals surface area contributed by atoms with Crippen LogP contribution in [0.25, 0.3) is 22.3 Å². The van der Waals surface area contributed by atoms with Crippen LogP contribution in [0.4, 0.5) is 5.69 Å². The first-order chi connectivity index (χ1) is 11.3. The van der Waals surface area contributed by atoms with Gasteiger partial charge in [-0.3, -0.25) is 0 Å². The third-order valence-electron chi connectivity index (χ3n) is 5.29. The summed E-state index contributed by atoms with van der Waals surface area (Å²) in [6, 6.07) is 4.23. The van der Waals surface area contributed by atoms with Gasteiger partial charge in [0, 0.05) is 42.0 Å². The zero-order valence-corrected chi connectivity index (χ0v) is 13.7. The summed E-state index contributed by atoms with van der Waals surface area (Å²) in [5, 5.41) is 6.97. The van der Waals surface area contributed by atoms with E-state index in [0.717, 1.165) is 36.5 Å². The maximum Gasteiger partial charge on any atom is 0.140 e. The van der Waals surface area contributed by atoms with Crippen molar-refractivity contribution in [2.45, 2.75) is 24.8 Å². The Morgan fingerprint density at radius 1 is 1.26 bits per heavy atom. The second kappa shape index (κ2) is 5.04. The summed E-state index contributed by atoms with van der Waals surface area (Å²) in [5.74, 6) is 0. The van der Waals surface area contributed by atoms with Gasteiger partial charge in [-0.2, -0.15) is 4.37 Å². The molecule has 0 aliphatic carbocycles. The molecule has 0 aromatic carbocycles. The van der Waals surface area contributed by atoms with Gasteiger partial charge in [0.15, 0.2) is 0 Å². The molecule has 1 unspecified atom stereocenters. The van der Waals surface area contributed by atoms with Crippen molar-refractivity contribution in [2.24, 2.45) is 0 Å². The molecule has 1 spiro atoms. The van der Waals surface area contributed by atoms with Crippen LogP contribution in [0.3, 0.4) is 0 Å². The van der Waals surface area contributed by atoms with Gasteiger partial charge < -0.3 is 15.2 Å². The second-order valence-electron chi connectivity index (χ2n) is 6.62. The van der Waals surface area contributed by atoms with E-state index in [9.17, 15) is 0 Å². The average Bonchev–Trinajstić information content (AvgIpc) is 3.36. The molecule has 3 aromatic heterocycles. The van der Waals surface area contributed by atoms with Crippen molar-refractivity contribution in [1.29, 1.82) is 0 Å². The first-order valence-corrected chi connectivity index (χ1v) is 9.05. The van der Waals surface area contributed by atoms with Crippen LogP contribution >= 0.6 is 11.5 Å². The largest absolute Gasteiger partial charge is 0.369 e. The lowest BCUT2D eigenvalue weighted by atomic mass is 9.97. The fourth-order valence-electron chi connectivity index (χ4n) is 4.15. The van der Waals surface area contributed by atoms with E-state index < -0.39 is 0 Å². The average molecular weight is 325 g/mol. The van der Waals surface area contributed by atoms with E-state index in [-0.39, 0.29) is 0 Å². The molecule has 2 aliphatic rings. The first kappa shape index (κ1) is 13.5. The van der Waals surface area contributed by atoms with Gasteiger partial charge in [-0.05, 0) is 49.5 Å². The maximum absolute atomic E-state index is 4.51. The van der Waals surface area contributed by atoms with Crippen LogP contribution in [0.2, 0.25) is 0 Å². The monoisotopic (exact) mass is 325 g/mol. The number of H-pyrrole nitrogens is 1. The number of rotatable bonds is 2. The molecule has 2 saturated heterocycles. The lowest BCUT2D eigenvalue weighted by Crippen LogP contribution is -2.42. The molecule has 3 aromatic rings. The molecule has 5 rings (SSSR count). The van der Waals surface area contributed by atoms with Gasteiger partial charge in [0.2, 0.25) is 0 Å². The van der Waals surface area contributed by atoms with Crippen LogP contribution in [0.5, 0.6) is 0 Å². The summed E-state index contributed by atoms with van der Waals surface area (Å²) in [7, 11) is 0. The summed E-state index contributed by atoms with van der Waals surface area (Å²) in [6.07, 6.45) is 7.77. The molecule has 6 heteroatoms. The van der Waals surface area contributed by atoms with Gasteiger partial charge in [0.1, 0.15) is 5.65 Å². The van der Waals surface area contributed by atoms with Gasteiger partial charge >= 0.3 is 0 Å². The van der Waals surface area contributed by atoms with Gasteiger partial charge in [-0.15, -0.1) is 0 Å². The Morgan fingerprint density at radius 2 is 2.26 bits per heavy atom. The van der Waals surface area contributed by atoms with Crippen molar-refractivity contribution in [3.05, 3.63) is 29.9 Å². The molecular weight excluding hydrogens is 306 g/mol. The first-order valence-electron chi connectivity index (χ1n) is 8.22. The highest BCUT2D eigenvalue weighted by atomic mass is 32.1. The molecule has 0 amide bonds. The van der Waals surface area contributed by atoms with E-state index in [1.165, 1.54) is 41.9 Å². The van der Waals surface area contributed by atoms with Crippen molar-refractivity contribution in [3.8, 4) is 11.3 Å². The highest BCUT2D eigenvalue weighted by Crippen LogP contribution is 2.39. The molecule has 5 nitrogen and oxygen atoms in total. The molecular formula is C17H19N5S. The van der Waals surface area contributed by atoms with Crippen molar-refractivity contribution < 1.29 is 0 Å². The Hall–Kier alpha value is -1.92. The lowest BCUT2D eigenvalue weighted by Gasteiger charge is -2.25. The van der Waals surface area contributed by atoms with E-state index in [4.69, 9.17) is 0 Å². The van der Waals surface area contributed by atoms with Crippen molar-refractivity contribution in [1.82, 2.24) is 19.7 Å². The minimum absolute atomic E-state index is 0.326. The number of nitrogens with one attached hydrogen (secondary N) is 2. The SMILES string of the molecule is c1cc(N2CCC3(CCCN3)C2)c2c(-c3ccsn3)c[nH]c2n1. The normalized spacial score (nSPS) is 24.3. The summed E-state index contributed by atoms with van der Waals surface area (Å²) < 4.78 is 4.51. The molecule has 0 bridgehead atoms. The summed E-state index contributed by atoms with van der Waals surface area (Å²) in [4.78, 5) is 10.3. The molecule has 0 radical (unpaired) electrons. The van der Waals surface area contributed by atoms with Crippen LogP contribution in [0.15, 0.2) is 29.9 Å². The minimum atomic E-state index is 0.326. The zero-order chi connectivity index (χ0) is 15.3. The fraction of sp³-hybridized carbons (Fsp3) is 0.412. The number of hydrogen-bond acceptors (Lipinski definition) is 5. The van der Waals surface area contributed by atoms with Crippen molar-refractivity contribution in [3.63, 3.8) is 0 Å². The number of nitrogens with zero attached hydrogens (tertiary/aromatic N) is 3. The molecule has 118 valence electrons. The minimum Gasteiger partial charge on any atom is -0.369 e. The zero-order valence-electron chi connectivity index (χ0n) is 12.9. The van der Waals surface area contributed by atoms with E-state index in [0.29, 0.717) is 5.54 Å². The highest BCUT2D eigenvalue weighted by Gasteiger charge is 2.40. The summed E-state index contributed by atoms with van der Waals surface area (Å²) >= 11 is 1.49. The molecule has 2 fully saturated rings. The Morgan fingerprint density at radius 3 is 3.09 bits per heavy atom. The Balaban J connectivity index is 1.60. The van der Waals surface area contributed by atoms with Gasteiger partial charge in [-0.1, -0.05) is 0 Å². The maximum atomic E-state index is 4.51. The molecule has 2 N–H and O–H groups in total. The Kier molecular flexibility index (Phi) is 2.96. The van der Waals surface area contributed by atoms with Gasteiger partial charge in [0.25, 0.3) is 0 Å². The predicted octanol–water partition coefficient (Wildman–Crippen LogP) is 3.02. The van der Waals surface area contributed by atoms with Gasteiger partial charge in [0.05, 0.1) is 16.8 Å². The smallest absolute Gasteiger partial charge is 0.140 e. The number of fused-ring (bicyclic) bond motifs is 1. The molecule has 1 atom stereocenters. The van der Waals surface area contributed by atoms with Crippen LogP contribution in [-0.2, 0) is 0 Å². The number of anilines is 1. The number of aromatic amines is 1. The molecule has 2 aliphatic heterocycles. The summed E-state index contributed by atoms with van der Waals surface area (Å²) in [6.45, 7) is 3.36. The van der Waals surface area contributed by atoms with E-state index in [1.807, 2.05) is 17.8 Å². The standard InChI is InChI=1S/C17H19N5S/c1-4-17(20-6-1)5-8-22(11-17)14-2-7-18-16-15(14)12(10-19-16)13-3-9-23-21-13/h2-3,7,9-10,20H,1,4-6,8,11H2,(H,18,19). The molecule has 0 saturated carbocycles. The predicted molar refractivity (Wildman–Crippen MR) is 94.0 cm³/mol. The second-order valence-corrected chi connectivity index (χ2v) is 7.29. The van der Waals surface area contributed by atoms with Gasteiger partial charge in [-0.25, -0.2) is 4.98 Å².